The Hall–Kier alpha value is -2.04. The molecule has 1 rings (SSSR count). The lowest BCUT2D eigenvalue weighted by atomic mass is 9.93. The van der Waals surface area contributed by atoms with Gasteiger partial charge < -0.3 is 15.8 Å². The van der Waals surface area contributed by atoms with E-state index in [-0.39, 0.29) is 17.3 Å². The molecule has 0 heterocycles. The molecule has 0 saturated carbocycles. The topological polar surface area (TPSA) is 78.9 Å². The minimum Gasteiger partial charge on any atom is -0.409 e. The van der Waals surface area contributed by atoms with Gasteiger partial charge in [0, 0.05) is 12.6 Å². The number of benzene rings is 1. The van der Waals surface area contributed by atoms with Gasteiger partial charge in [0.25, 0.3) is 0 Å². The summed E-state index contributed by atoms with van der Waals surface area (Å²) in [6, 6.07) is 9.58. The SMILES string of the molecule is CCC(C)(C)N(C)C(=O)C(Cc1ccccc1)C(N)=NO. The van der Waals surface area contributed by atoms with Crippen molar-refractivity contribution in [3.8, 4) is 0 Å². The zero-order valence-electron chi connectivity index (χ0n) is 13.2. The molecule has 0 aliphatic heterocycles. The quantitative estimate of drug-likeness (QED) is 0.365. The number of carbonyl (C=O) groups is 1. The molecular formula is C16H25N3O2. The van der Waals surface area contributed by atoms with Gasteiger partial charge in [0.1, 0.15) is 5.92 Å². The summed E-state index contributed by atoms with van der Waals surface area (Å²) in [7, 11) is 1.76. The highest BCUT2D eigenvalue weighted by atomic mass is 16.4. The van der Waals surface area contributed by atoms with Crippen molar-refractivity contribution in [1.29, 1.82) is 0 Å². The van der Waals surface area contributed by atoms with Crippen molar-refractivity contribution in [3.05, 3.63) is 35.9 Å². The average Bonchev–Trinajstić information content (AvgIpc) is 2.51. The molecule has 0 aromatic heterocycles. The number of hydrogen-bond donors (Lipinski definition) is 2. The summed E-state index contributed by atoms with van der Waals surface area (Å²) in [6.45, 7) is 6.02. The van der Waals surface area contributed by atoms with Gasteiger partial charge in [0.05, 0.1) is 0 Å². The van der Waals surface area contributed by atoms with Crippen LogP contribution in [-0.2, 0) is 11.2 Å². The third kappa shape index (κ3) is 4.21. The summed E-state index contributed by atoms with van der Waals surface area (Å²) < 4.78 is 0. The van der Waals surface area contributed by atoms with Crippen LogP contribution in [0.5, 0.6) is 0 Å². The van der Waals surface area contributed by atoms with Gasteiger partial charge in [-0.3, -0.25) is 4.79 Å². The number of nitrogens with zero attached hydrogens (tertiary/aromatic N) is 2. The second kappa shape index (κ2) is 7.11. The zero-order valence-corrected chi connectivity index (χ0v) is 13.2. The molecule has 1 aromatic rings. The van der Waals surface area contributed by atoms with E-state index in [0.717, 1.165) is 12.0 Å². The summed E-state index contributed by atoms with van der Waals surface area (Å²) in [6.07, 6.45) is 1.24. The van der Waals surface area contributed by atoms with Crippen molar-refractivity contribution < 1.29 is 10.0 Å². The van der Waals surface area contributed by atoms with Crippen LogP contribution in [0.4, 0.5) is 0 Å². The molecule has 0 saturated heterocycles. The van der Waals surface area contributed by atoms with Gasteiger partial charge in [-0.15, -0.1) is 0 Å². The molecule has 0 radical (unpaired) electrons. The normalized spacial score (nSPS) is 13.8. The van der Waals surface area contributed by atoms with Gasteiger partial charge in [0.15, 0.2) is 5.84 Å². The number of amides is 1. The fourth-order valence-corrected chi connectivity index (χ4v) is 2.01. The largest absolute Gasteiger partial charge is 0.409 e. The van der Waals surface area contributed by atoms with Gasteiger partial charge in [-0.25, -0.2) is 0 Å². The van der Waals surface area contributed by atoms with Crippen molar-refractivity contribution in [2.24, 2.45) is 16.8 Å². The van der Waals surface area contributed by atoms with Crippen molar-refractivity contribution in [3.63, 3.8) is 0 Å². The summed E-state index contributed by atoms with van der Waals surface area (Å²) >= 11 is 0. The smallest absolute Gasteiger partial charge is 0.233 e. The summed E-state index contributed by atoms with van der Waals surface area (Å²) in [5.74, 6) is -0.850. The highest BCUT2D eigenvalue weighted by Gasteiger charge is 2.33. The van der Waals surface area contributed by atoms with Crippen molar-refractivity contribution >= 4 is 11.7 Å². The number of rotatable bonds is 6. The number of amidine groups is 1. The lowest BCUT2D eigenvalue weighted by Crippen LogP contribution is -2.50. The third-order valence-electron chi connectivity index (χ3n) is 4.16. The molecule has 1 atom stereocenters. The van der Waals surface area contributed by atoms with Gasteiger partial charge in [-0.1, -0.05) is 42.4 Å². The Morgan fingerprint density at radius 1 is 1.38 bits per heavy atom. The molecule has 0 bridgehead atoms. The molecule has 3 N–H and O–H groups in total. The lowest BCUT2D eigenvalue weighted by molar-refractivity contribution is -0.137. The predicted molar refractivity (Wildman–Crippen MR) is 84.2 cm³/mol. The van der Waals surface area contributed by atoms with Gasteiger partial charge in [-0.05, 0) is 32.3 Å². The van der Waals surface area contributed by atoms with Crippen molar-refractivity contribution in [2.75, 3.05) is 7.05 Å². The van der Waals surface area contributed by atoms with E-state index in [9.17, 15) is 4.79 Å². The zero-order chi connectivity index (χ0) is 16.0. The van der Waals surface area contributed by atoms with E-state index < -0.39 is 5.92 Å². The van der Waals surface area contributed by atoms with Crippen LogP contribution in [0, 0.1) is 5.92 Å². The number of oxime groups is 1. The first-order valence-corrected chi connectivity index (χ1v) is 7.12. The molecule has 21 heavy (non-hydrogen) atoms. The maximum absolute atomic E-state index is 12.7. The van der Waals surface area contributed by atoms with E-state index in [0.29, 0.717) is 6.42 Å². The highest BCUT2D eigenvalue weighted by molar-refractivity contribution is 6.02. The Morgan fingerprint density at radius 2 is 1.95 bits per heavy atom. The molecular weight excluding hydrogens is 266 g/mol. The van der Waals surface area contributed by atoms with Gasteiger partial charge in [-0.2, -0.15) is 0 Å². The highest BCUT2D eigenvalue weighted by Crippen LogP contribution is 2.21. The maximum atomic E-state index is 12.7. The molecule has 0 spiro atoms. The van der Waals surface area contributed by atoms with E-state index in [1.807, 2.05) is 51.1 Å². The first kappa shape index (κ1) is 17.0. The van der Waals surface area contributed by atoms with E-state index in [2.05, 4.69) is 5.16 Å². The van der Waals surface area contributed by atoms with Crippen LogP contribution >= 0.6 is 0 Å². The molecule has 5 nitrogen and oxygen atoms in total. The molecule has 1 amide bonds. The van der Waals surface area contributed by atoms with E-state index in [1.54, 1.807) is 11.9 Å². The molecule has 0 aliphatic rings. The molecule has 1 aromatic carbocycles. The number of carbonyl (C=O) groups excluding carboxylic acids is 1. The van der Waals surface area contributed by atoms with Crippen molar-refractivity contribution in [1.82, 2.24) is 4.90 Å². The van der Waals surface area contributed by atoms with Crippen LogP contribution in [0.2, 0.25) is 0 Å². The summed E-state index contributed by atoms with van der Waals surface area (Å²) in [4.78, 5) is 14.4. The monoisotopic (exact) mass is 291 g/mol. The van der Waals surface area contributed by atoms with E-state index in [4.69, 9.17) is 10.9 Å². The first-order valence-electron chi connectivity index (χ1n) is 7.12. The standard InChI is InChI=1S/C16H25N3O2/c1-5-16(2,3)19(4)15(20)13(14(17)18-21)11-12-9-7-6-8-10-12/h6-10,13,21H,5,11H2,1-4H3,(H2,17,18). The fraction of sp³-hybridized carbons (Fsp3) is 0.500. The first-order chi connectivity index (χ1) is 9.83. The number of nitrogens with two attached hydrogens (primary N) is 1. The summed E-state index contributed by atoms with van der Waals surface area (Å²) in [5.41, 5.74) is 6.44. The Balaban J connectivity index is 3.01. The Kier molecular flexibility index (Phi) is 5.76. The Morgan fingerprint density at radius 3 is 2.43 bits per heavy atom. The molecule has 0 aliphatic carbocycles. The fourth-order valence-electron chi connectivity index (χ4n) is 2.01. The Labute approximate surface area is 126 Å². The Bertz CT molecular complexity index is 498. The van der Waals surface area contributed by atoms with Crippen molar-refractivity contribution in [2.45, 2.75) is 39.2 Å². The van der Waals surface area contributed by atoms with E-state index in [1.165, 1.54) is 0 Å². The lowest BCUT2D eigenvalue weighted by Gasteiger charge is -2.37. The van der Waals surface area contributed by atoms with Gasteiger partial charge in [0.2, 0.25) is 5.91 Å². The van der Waals surface area contributed by atoms with Crippen LogP contribution in [0.1, 0.15) is 32.8 Å². The average molecular weight is 291 g/mol. The van der Waals surface area contributed by atoms with Crippen LogP contribution < -0.4 is 5.73 Å². The van der Waals surface area contributed by atoms with Gasteiger partial charge >= 0.3 is 0 Å². The third-order valence-corrected chi connectivity index (χ3v) is 4.16. The van der Waals surface area contributed by atoms with Crippen LogP contribution in [0.15, 0.2) is 35.5 Å². The van der Waals surface area contributed by atoms with Crippen LogP contribution in [-0.4, -0.2) is 34.4 Å². The second-order valence-corrected chi connectivity index (χ2v) is 5.83. The minimum atomic E-state index is -0.659. The molecule has 5 heteroatoms. The second-order valence-electron chi connectivity index (χ2n) is 5.83. The maximum Gasteiger partial charge on any atom is 0.233 e. The minimum absolute atomic E-state index is 0.0531. The molecule has 0 fully saturated rings. The number of hydrogen-bond acceptors (Lipinski definition) is 3. The van der Waals surface area contributed by atoms with Crippen LogP contribution in [0.25, 0.3) is 0 Å². The van der Waals surface area contributed by atoms with Crippen LogP contribution in [0.3, 0.4) is 0 Å². The van der Waals surface area contributed by atoms with E-state index >= 15 is 0 Å². The predicted octanol–water partition coefficient (Wildman–Crippen LogP) is 2.24. The molecule has 116 valence electrons. The molecule has 1 unspecified atom stereocenters. The summed E-state index contributed by atoms with van der Waals surface area (Å²) in [5, 5.41) is 12.0.